The third-order valence-corrected chi connectivity index (χ3v) is 4.70. The smallest absolute Gasteiger partial charge is 0.255 e. The van der Waals surface area contributed by atoms with Crippen LogP contribution in [-0.4, -0.2) is 22.4 Å². The number of rotatable bonds is 4. The lowest BCUT2D eigenvalue weighted by molar-refractivity contribution is 0.102. The van der Waals surface area contributed by atoms with Gasteiger partial charge in [-0.2, -0.15) is 0 Å². The molecule has 0 saturated heterocycles. The quantitative estimate of drug-likeness (QED) is 0.556. The third-order valence-electron chi connectivity index (χ3n) is 4.70. The van der Waals surface area contributed by atoms with Gasteiger partial charge in [-0.3, -0.25) is 4.79 Å². The minimum atomic E-state index is -0.176. The summed E-state index contributed by atoms with van der Waals surface area (Å²) >= 11 is 0. The number of amides is 1. The van der Waals surface area contributed by atoms with Gasteiger partial charge in [-0.05, 0) is 55.8 Å². The second-order valence-electron chi connectivity index (χ2n) is 6.79. The number of nitrogens with one attached hydrogen (secondary N) is 1. The van der Waals surface area contributed by atoms with E-state index >= 15 is 0 Å². The van der Waals surface area contributed by atoms with Crippen LogP contribution in [-0.2, 0) is 0 Å². The first kappa shape index (κ1) is 17.8. The van der Waals surface area contributed by atoms with Crippen LogP contribution in [0.25, 0.3) is 16.9 Å². The molecule has 2 aromatic carbocycles. The average Bonchev–Trinajstić information content (AvgIpc) is 3.14. The number of aryl methyl sites for hydroxylation is 2. The molecule has 0 radical (unpaired) electrons. The zero-order valence-electron chi connectivity index (χ0n) is 16.1. The fourth-order valence-electron chi connectivity index (χ4n) is 3.24. The summed E-state index contributed by atoms with van der Waals surface area (Å²) in [5.74, 6) is 0.426. The third kappa shape index (κ3) is 3.34. The van der Waals surface area contributed by atoms with Gasteiger partial charge >= 0.3 is 0 Å². The van der Waals surface area contributed by atoms with Crippen molar-refractivity contribution >= 4 is 17.2 Å². The Morgan fingerprint density at radius 2 is 1.93 bits per heavy atom. The molecule has 4 rings (SSSR count). The Morgan fingerprint density at radius 1 is 1.07 bits per heavy atom. The number of imidazole rings is 1. The highest BCUT2D eigenvalue weighted by molar-refractivity contribution is 6.05. The van der Waals surface area contributed by atoms with Crippen LogP contribution in [0.3, 0.4) is 0 Å². The van der Waals surface area contributed by atoms with Gasteiger partial charge in [0.1, 0.15) is 11.4 Å². The van der Waals surface area contributed by atoms with Crippen LogP contribution in [0.15, 0.2) is 67.0 Å². The number of fused-ring (bicyclic) bond motifs is 1. The second-order valence-corrected chi connectivity index (χ2v) is 6.79. The maximum atomic E-state index is 12.7. The number of methoxy groups -OCH3 is 1. The van der Waals surface area contributed by atoms with E-state index in [1.165, 1.54) is 0 Å². The summed E-state index contributed by atoms with van der Waals surface area (Å²) in [7, 11) is 1.59. The number of aromatic nitrogens is 2. The first-order valence-electron chi connectivity index (χ1n) is 9.06. The average molecular weight is 371 g/mol. The maximum absolute atomic E-state index is 12.7. The Hall–Kier alpha value is -3.60. The molecule has 0 fully saturated rings. The van der Waals surface area contributed by atoms with Gasteiger partial charge in [-0.15, -0.1) is 0 Å². The lowest BCUT2D eigenvalue weighted by Gasteiger charge is -2.12. The van der Waals surface area contributed by atoms with Gasteiger partial charge in [0, 0.05) is 23.5 Å². The van der Waals surface area contributed by atoms with E-state index in [2.05, 4.69) is 5.32 Å². The van der Waals surface area contributed by atoms with E-state index in [9.17, 15) is 4.79 Å². The Morgan fingerprint density at radius 3 is 2.68 bits per heavy atom. The predicted octanol–water partition coefficient (Wildman–Crippen LogP) is 4.88. The normalized spacial score (nSPS) is 10.8. The van der Waals surface area contributed by atoms with Crippen molar-refractivity contribution in [3.8, 4) is 17.0 Å². The molecule has 0 bridgehead atoms. The summed E-state index contributed by atoms with van der Waals surface area (Å²) in [6.45, 7) is 4.00. The molecule has 28 heavy (non-hydrogen) atoms. The minimum Gasteiger partial charge on any atom is -0.495 e. The molecule has 5 heteroatoms. The summed E-state index contributed by atoms with van der Waals surface area (Å²) in [6.07, 6.45) is 3.96. The molecule has 1 N–H and O–H groups in total. The Bertz CT molecular complexity index is 1180. The Kier molecular flexibility index (Phi) is 4.57. The van der Waals surface area contributed by atoms with Crippen molar-refractivity contribution in [2.24, 2.45) is 0 Å². The Balaban J connectivity index is 1.71. The molecule has 0 aliphatic heterocycles. The highest BCUT2D eigenvalue weighted by atomic mass is 16.5. The van der Waals surface area contributed by atoms with E-state index in [1.807, 2.05) is 79.2 Å². The van der Waals surface area contributed by atoms with Crippen LogP contribution >= 0.6 is 0 Å². The van der Waals surface area contributed by atoms with E-state index < -0.39 is 0 Å². The van der Waals surface area contributed by atoms with Gasteiger partial charge in [-0.25, -0.2) is 4.98 Å². The van der Waals surface area contributed by atoms with Crippen LogP contribution in [0.5, 0.6) is 5.75 Å². The van der Waals surface area contributed by atoms with Crippen molar-refractivity contribution in [3.05, 3.63) is 83.7 Å². The molecule has 2 aromatic heterocycles. The second kappa shape index (κ2) is 7.19. The summed E-state index contributed by atoms with van der Waals surface area (Å²) < 4.78 is 7.43. The summed E-state index contributed by atoms with van der Waals surface area (Å²) in [4.78, 5) is 17.4. The number of nitrogens with zero attached hydrogens (tertiary/aromatic N) is 2. The van der Waals surface area contributed by atoms with E-state index in [1.54, 1.807) is 13.2 Å². The van der Waals surface area contributed by atoms with E-state index in [-0.39, 0.29) is 5.91 Å². The molecule has 140 valence electrons. The first-order valence-corrected chi connectivity index (χ1v) is 9.06. The molecule has 0 atom stereocenters. The first-order chi connectivity index (χ1) is 13.5. The standard InChI is InChI=1S/C23H21N3O2/c1-15-6-4-8-18(12-15)23(27)25-19-13-17(9-10-21(19)28-3)20-14-26-11-5-7-16(2)22(26)24-20/h4-14H,1-3H3,(H,25,27). The number of carbonyl (C=O) groups is 1. The minimum absolute atomic E-state index is 0.176. The van der Waals surface area contributed by atoms with Crippen LogP contribution in [0.1, 0.15) is 21.5 Å². The number of anilines is 1. The highest BCUT2D eigenvalue weighted by Gasteiger charge is 2.13. The zero-order chi connectivity index (χ0) is 19.7. The predicted molar refractivity (Wildman–Crippen MR) is 111 cm³/mol. The van der Waals surface area contributed by atoms with Crippen molar-refractivity contribution in [3.63, 3.8) is 0 Å². The number of pyridine rings is 1. The number of hydrogen-bond acceptors (Lipinski definition) is 3. The summed E-state index contributed by atoms with van der Waals surface area (Å²) in [5.41, 5.74) is 6.02. The van der Waals surface area contributed by atoms with Crippen LogP contribution in [0, 0.1) is 13.8 Å². The molecule has 0 aliphatic carbocycles. The summed E-state index contributed by atoms with van der Waals surface area (Å²) in [6, 6.07) is 17.2. The molecule has 4 aromatic rings. The SMILES string of the molecule is COc1ccc(-c2cn3cccc(C)c3n2)cc1NC(=O)c1cccc(C)c1. The number of ether oxygens (including phenoxy) is 1. The van der Waals surface area contributed by atoms with Crippen molar-refractivity contribution in [2.75, 3.05) is 12.4 Å². The summed E-state index contributed by atoms with van der Waals surface area (Å²) in [5, 5.41) is 2.96. The lowest BCUT2D eigenvalue weighted by atomic mass is 10.1. The molecule has 5 nitrogen and oxygen atoms in total. The van der Waals surface area contributed by atoms with Crippen molar-refractivity contribution in [1.29, 1.82) is 0 Å². The van der Waals surface area contributed by atoms with E-state index in [4.69, 9.17) is 9.72 Å². The van der Waals surface area contributed by atoms with Crippen LogP contribution in [0.2, 0.25) is 0 Å². The van der Waals surface area contributed by atoms with Gasteiger partial charge in [0.2, 0.25) is 0 Å². The van der Waals surface area contributed by atoms with Crippen LogP contribution in [0.4, 0.5) is 5.69 Å². The number of benzene rings is 2. The monoisotopic (exact) mass is 371 g/mol. The molecule has 0 saturated carbocycles. The fourth-order valence-corrected chi connectivity index (χ4v) is 3.24. The lowest BCUT2D eigenvalue weighted by Crippen LogP contribution is -2.12. The van der Waals surface area contributed by atoms with Crippen molar-refractivity contribution in [2.45, 2.75) is 13.8 Å². The van der Waals surface area contributed by atoms with Gasteiger partial charge < -0.3 is 14.5 Å². The molecule has 0 spiro atoms. The molecule has 2 heterocycles. The molecule has 0 unspecified atom stereocenters. The van der Waals surface area contributed by atoms with Gasteiger partial charge in [-0.1, -0.05) is 23.8 Å². The number of carbonyl (C=O) groups excluding carboxylic acids is 1. The van der Waals surface area contributed by atoms with Crippen molar-refractivity contribution in [1.82, 2.24) is 9.38 Å². The molecular formula is C23H21N3O2. The van der Waals surface area contributed by atoms with E-state index in [0.29, 0.717) is 17.0 Å². The van der Waals surface area contributed by atoms with Crippen LogP contribution < -0.4 is 10.1 Å². The highest BCUT2D eigenvalue weighted by Crippen LogP contribution is 2.31. The Labute approximate surface area is 163 Å². The molecule has 1 amide bonds. The largest absolute Gasteiger partial charge is 0.495 e. The molecule has 0 aliphatic rings. The maximum Gasteiger partial charge on any atom is 0.255 e. The van der Waals surface area contributed by atoms with Gasteiger partial charge in [0.05, 0.1) is 18.5 Å². The van der Waals surface area contributed by atoms with Gasteiger partial charge in [0.15, 0.2) is 0 Å². The molecular weight excluding hydrogens is 350 g/mol. The fraction of sp³-hybridized carbons (Fsp3) is 0.130. The zero-order valence-corrected chi connectivity index (χ0v) is 16.1. The topological polar surface area (TPSA) is 55.6 Å². The number of hydrogen-bond donors (Lipinski definition) is 1. The van der Waals surface area contributed by atoms with Crippen molar-refractivity contribution < 1.29 is 9.53 Å². The van der Waals surface area contributed by atoms with E-state index in [0.717, 1.165) is 28.0 Å². The van der Waals surface area contributed by atoms with Gasteiger partial charge in [0.25, 0.3) is 5.91 Å².